The fraction of sp³-hybridized carbons (Fsp3) is 0.333. The highest BCUT2D eigenvalue weighted by Crippen LogP contribution is 2.22. The summed E-state index contributed by atoms with van der Waals surface area (Å²) in [6.45, 7) is 1.92. The molecule has 114 valence electrons. The number of hydrogen-bond donors (Lipinski definition) is 3. The predicted octanol–water partition coefficient (Wildman–Crippen LogP) is 1.01. The minimum Gasteiger partial charge on any atom is -0.480 e. The van der Waals surface area contributed by atoms with Crippen LogP contribution in [0.4, 0.5) is 0 Å². The highest BCUT2D eigenvalue weighted by atomic mass is 32.2. The van der Waals surface area contributed by atoms with E-state index in [1.807, 2.05) is 6.92 Å². The van der Waals surface area contributed by atoms with Crippen LogP contribution in [-0.4, -0.2) is 35.5 Å². The lowest BCUT2D eigenvalue weighted by atomic mass is 10.2. The lowest BCUT2D eigenvalue weighted by molar-refractivity contribution is -0.138. The van der Waals surface area contributed by atoms with Crippen LogP contribution < -0.4 is 4.72 Å². The molecule has 1 atom stereocenters. The second-order valence-corrected chi connectivity index (χ2v) is 7.48. The number of carboxylic acid groups (broad SMARTS) is 1. The number of rotatable bonds is 7. The third-order valence-corrected chi connectivity index (χ3v) is 6.02. The van der Waals surface area contributed by atoms with Crippen LogP contribution in [-0.2, 0) is 27.7 Å². The van der Waals surface area contributed by atoms with Gasteiger partial charge in [0.2, 0.25) is 0 Å². The number of imidazole rings is 1. The highest BCUT2D eigenvalue weighted by Gasteiger charge is 2.27. The zero-order chi connectivity index (χ0) is 15.5. The maximum absolute atomic E-state index is 12.2. The average Bonchev–Trinajstić information content (AvgIpc) is 3.08. The minimum atomic E-state index is -3.84. The van der Waals surface area contributed by atoms with Crippen molar-refractivity contribution in [3.05, 3.63) is 35.2 Å². The molecule has 3 N–H and O–H groups in total. The molecule has 0 saturated carbocycles. The summed E-state index contributed by atoms with van der Waals surface area (Å²) < 4.78 is 26.8. The van der Waals surface area contributed by atoms with Crippen molar-refractivity contribution in [2.24, 2.45) is 0 Å². The monoisotopic (exact) mass is 329 g/mol. The second-order valence-electron chi connectivity index (χ2n) is 4.37. The molecule has 2 aromatic heterocycles. The van der Waals surface area contributed by atoms with Gasteiger partial charge < -0.3 is 10.1 Å². The summed E-state index contributed by atoms with van der Waals surface area (Å²) in [5, 5.41) is 9.18. The zero-order valence-electron chi connectivity index (χ0n) is 11.2. The van der Waals surface area contributed by atoms with Gasteiger partial charge in [-0.3, -0.25) is 4.79 Å². The molecule has 9 heteroatoms. The third kappa shape index (κ3) is 3.90. The largest absolute Gasteiger partial charge is 0.480 e. The molecule has 0 unspecified atom stereocenters. The Morgan fingerprint density at radius 2 is 2.29 bits per heavy atom. The molecule has 2 rings (SSSR count). The van der Waals surface area contributed by atoms with Gasteiger partial charge in [0.05, 0.1) is 6.33 Å². The van der Waals surface area contributed by atoms with Crippen molar-refractivity contribution in [3.63, 3.8) is 0 Å². The maximum Gasteiger partial charge on any atom is 0.322 e. The molecule has 0 radical (unpaired) electrons. The zero-order valence-corrected chi connectivity index (χ0v) is 12.9. The quantitative estimate of drug-likeness (QED) is 0.702. The number of nitrogens with zero attached hydrogens (tertiary/aromatic N) is 1. The van der Waals surface area contributed by atoms with Crippen molar-refractivity contribution in [2.45, 2.75) is 30.0 Å². The van der Waals surface area contributed by atoms with Crippen LogP contribution in [0.5, 0.6) is 0 Å². The number of carbonyl (C=O) groups is 1. The van der Waals surface area contributed by atoms with E-state index < -0.39 is 22.0 Å². The lowest BCUT2D eigenvalue weighted by Crippen LogP contribution is -2.42. The van der Waals surface area contributed by atoms with E-state index in [-0.39, 0.29) is 10.6 Å². The number of carboxylic acids is 1. The molecule has 0 amide bonds. The van der Waals surface area contributed by atoms with Gasteiger partial charge in [-0.2, -0.15) is 4.72 Å². The Labute approximate surface area is 126 Å². The van der Waals surface area contributed by atoms with E-state index in [2.05, 4.69) is 14.7 Å². The molecule has 2 aromatic rings. The van der Waals surface area contributed by atoms with Crippen molar-refractivity contribution < 1.29 is 18.3 Å². The summed E-state index contributed by atoms with van der Waals surface area (Å²) in [7, 11) is -3.84. The van der Waals surface area contributed by atoms with Crippen LogP contribution >= 0.6 is 11.3 Å². The number of aliphatic carboxylic acids is 1. The first-order valence-electron chi connectivity index (χ1n) is 6.23. The van der Waals surface area contributed by atoms with Gasteiger partial charge >= 0.3 is 5.97 Å². The SMILES string of the molecule is CCc1ccc(S(=O)(=O)N[C@@H](Cc2cnc[nH]2)C(=O)O)s1. The Morgan fingerprint density at radius 1 is 1.52 bits per heavy atom. The normalized spacial score (nSPS) is 13.2. The lowest BCUT2D eigenvalue weighted by Gasteiger charge is -2.13. The molecule has 0 aliphatic rings. The van der Waals surface area contributed by atoms with Crippen molar-refractivity contribution >= 4 is 27.3 Å². The Balaban J connectivity index is 2.17. The molecule has 0 spiro atoms. The van der Waals surface area contributed by atoms with Gasteiger partial charge in [-0.1, -0.05) is 6.92 Å². The number of sulfonamides is 1. The molecule has 21 heavy (non-hydrogen) atoms. The number of aryl methyl sites for hydroxylation is 1. The van der Waals surface area contributed by atoms with Gasteiger partial charge in [0.15, 0.2) is 0 Å². The van der Waals surface area contributed by atoms with Gasteiger partial charge in [-0.15, -0.1) is 11.3 Å². The minimum absolute atomic E-state index is 0.000569. The first-order chi connectivity index (χ1) is 9.92. The number of nitrogens with one attached hydrogen (secondary N) is 2. The fourth-order valence-corrected chi connectivity index (χ4v) is 4.23. The van der Waals surface area contributed by atoms with Crippen LogP contribution in [0.25, 0.3) is 0 Å². The van der Waals surface area contributed by atoms with Crippen LogP contribution in [0, 0.1) is 0 Å². The van der Waals surface area contributed by atoms with Crippen molar-refractivity contribution in [3.8, 4) is 0 Å². The van der Waals surface area contributed by atoms with E-state index in [9.17, 15) is 18.3 Å². The summed E-state index contributed by atoms with van der Waals surface area (Å²) in [5.41, 5.74) is 0.547. The molecule has 7 nitrogen and oxygen atoms in total. The van der Waals surface area contributed by atoms with Crippen molar-refractivity contribution in [2.75, 3.05) is 0 Å². The van der Waals surface area contributed by atoms with Gasteiger partial charge in [0.1, 0.15) is 10.3 Å². The Morgan fingerprint density at radius 3 is 2.81 bits per heavy atom. The first kappa shape index (κ1) is 15.7. The Kier molecular flexibility index (Phi) is 4.76. The molecule has 0 aliphatic carbocycles. The van der Waals surface area contributed by atoms with E-state index in [0.29, 0.717) is 5.69 Å². The molecular formula is C12H15N3O4S2. The second kappa shape index (κ2) is 6.37. The first-order valence-corrected chi connectivity index (χ1v) is 8.53. The molecule has 0 saturated heterocycles. The molecule has 0 fully saturated rings. The number of aromatic nitrogens is 2. The number of thiophene rings is 1. The van der Waals surface area contributed by atoms with Crippen molar-refractivity contribution in [1.82, 2.24) is 14.7 Å². The fourth-order valence-electron chi connectivity index (χ4n) is 1.73. The van der Waals surface area contributed by atoms with Crippen molar-refractivity contribution in [1.29, 1.82) is 0 Å². The number of hydrogen-bond acceptors (Lipinski definition) is 5. The van der Waals surface area contributed by atoms with Gasteiger partial charge in [-0.05, 0) is 18.6 Å². The third-order valence-electron chi connectivity index (χ3n) is 2.82. The molecule has 2 heterocycles. The topological polar surface area (TPSA) is 112 Å². The van der Waals surface area contributed by atoms with Gasteiger partial charge in [-0.25, -0.2) is 13.4 Å². The van der Waals surface area contributed by atoms with E-state index in [4.69, 9.17) is 0 Å². The maximum atomic E-state index is 12.2. The van der Waals surface area contributed by atoms with E-state index >= 15 is 0 Å². The molecular weight excluding hydrogens is 314 g/mol. The van der Waals surface area contributed by atoms with Gasteiger partial charge in [0.25, 0.3) is 10.0 Å². The van der Waals surface area contributed by atoms with Gasteiger partial charge in [0, 0.05) is 23.2 Å². The predicted molar refractivity (Wildman–Crippen MR) is 77.7 cm³/mol. The summed E-state index contributed by atoms with van der Waals surface area (Å²) in [6.07, 6.45) is 3.61. The standard InChI is InChI=1S/C12H15N3O4S2/c1-2-9-3-4-11(20-9)21(18,19)15-10(12(16)17)5-8-6-13-7-14-8/h3-4,6-7,10,15H,2,5H2,1H3,(H,13,14)(H,16,17)/t10-/m0/s1. The van der Waals surface area contributed by atoms with E-state index in [1.54, 1.807) is 6.07 Å². The summed E-state index contributed by atoms with van der Waals surface area (Å²) in [4.78, 5) is 18.7. The number of H-pyrrole nitrogens is 1. The summed E-state index contributed by atoms with van der Waals surface area (Å²) in [6, 6.07) is 1.97. The molecule has 0 aliphatic heterocycles. The Hall–Kier alpha value is -1.71. The average molecular weight is 329 g/mol. The van der Waals surface area contributed by atoms with Crippen LogP contribution in [0.3, 0.4) is 0 Å². The molecule has 0 bridgehead atoms. The Bertz CT molecular complexity index is 707. The summed E-state index contributed by atoms with van der Waals surface area (Å²) >= 11 is 1.14. The van der Waals surface area contributed by atoms with E-state index in [0.717, 1.165) is 22.6 Å². The van der Waals surface area contributed by atoms with Crippen LogP contribution in [0.15, 0.2) is 28.9 Å². The summed E-state index contributed by atoms with van der Waals surface area (Å²) in [5.74, 6) is -1.24. The highest BCUT2D eigenvalue weighted by molar-refractivity contribution is 7.91. The number of aromatic amines is 1. The smallest absolute Gasteiger partial charge is 0.322 e. The van der Waals surface area contributed by atoms with Crippen LogP contribution in [0.2, 0.25) is 0 Å². The van der Waals surface area contributed by atoms with Crippen LogP contribution in [0.1, 0.15) is 17.5 Å². The molecule has 0 aromatic carbocycles. The van der Waals surface area contributed by atoms with E-state index in [1.165, 1.54) is 18.6 Å².